The minimum atomic E-state index is 0.951. The first kappa shape index (κ1) is 68.3. The van der Waals surface area contributed by atoms with Crippen molar-refractivity contribution in [2.24, 2.45) is 0 Å². The van der Waals surface area contributed by atoms with E-state index in [4.69, 9.17) is 29.9 Å². The first-order valence-corrected chi connectivity index (χ1v) is 38.9. The van der Waals surface area contributed by atoms with Crippen LogP contribution in [0.1, 0.15) is 0 Å². The second-order valence-corrected chi connectivity index (χ2v) is 29.2. The molecule has 0 N–H and O–H groups in total. The third-order valence-electron chi connectivity index (χ3n) is 22.1. The van der Waals surface area contributed by atoms with Gasteiger partial charge in [0, 0.05) is 100 Å². The lowest BCUT2D eigenvalue weighted by atomic mass is 9.99. The van der Waals surface area contributed by atoms with Crippen LogP contribution in [0.25, 0.3) is 221 Å². The number of aromatic nitrogens is 9. The zero-order valence-electron chi connectivity index (χ0n) is 62.7. The summed E-state index contributed by atoms with van der Waals surface area (Å²) in [6, 6.07) is 135. The Kier molecular flexibility index (Phi) is 17.4. The van der Waals surface area contributed by atoms with Gasteiger partial charge in [-0.15, -0.1) is 0 Å². The molecule has 116 heavy (non-hydrogen) atoms. The Morgan fingerprint density at radius 1 is 0.129 bits per heavy atom. The van der Waals surface area contributed by atoms with E-state index in [0.717, 1.165) is 199 Å². The van der Waals surface area contributed by atoms with Gasteiger partial charge >= 0.3 is 0 Å². The van der Waals surface area contributed by atoms with Crippen LogP contribution in [0.4, 0.5) is 0 Å². The van der Waals surface area contributed by atoms with Crippen molar-refractivity contribution in [2.75, 3.05) is 0 Å². The molecule has 0 radical (unpaired) electrons. The van der Waals surface area contributed by atoms with Gasteiger partial charge in [0.1, 0.15) is 0 Å². The lowest BCUT2D eigenvalue weighted by molar-refractivity contribution is 1.38. The summed E-state index contributed by atoms with van der Waals surface area (Å²) in [5.41, 5.74) is 28.2. The van der Waals surface area contributed by atoms with Crippen molar-refractivity contribution in [2.45, 2.75) is 0 Å². The van der Waals surface area contributed by atoms with E-state index >= 15 is 0 Å². The molecule has 0 unspecified atom stereocenters. The predicted molar refractivity (Wildman–Crippen MR) is 481 cm³/mol. The van der Waals surface area contributed by atoms with Gasteiger partial charge in [0.15, 0.2) is 0 Å². The topological polar surface area (TPSA) is 116 Å². The summed E-state index contributed by atoms with van der Waals surface area (Å²) >= 11 is 0. The molecule has 9 aromatic heterocycles. The molecule has 0 aliphatic rings. The second-order valence-electron chi connectivity index (χ2n) is 29.2. The van der Waals surface area contributed by atoms with Crippen LogP contribution < -0.4 is 0 Å². The van der Waals surface area contributed by atoms with E-state index in [2.05, 4.69) is 330 Å². The van der Waals surface area contributed by atoms with Crippen molar-refractivity contribution in [1.82, 2.24) is 44.9 Å². The van der Waals surface area contributed by atoms with Crippen molar-refractivity contribution in [3.05, 3.63) is 407 Å². The first-order valence-electron chi connectivity index (χ1n) is 38.9. The Morgan fingerprint density at radius 3 is 0.879 bits per heavy atom. The van der Waals surface area contributed by atoms with Crippen molar-refractivity contribution < 1.29 is 0 Å². The van der Waals surface area contributed by atoms with Crippen LogP contribution in [-0.2, 0) is 0 Å². The lowest BCUT2D eigenvalue weighted by Crippen LogP contribution is -1.89. The third-order valence-corrected chi connectivity index (χ3v) is 22.1. The van der Waals surface area contributed by atoms with Gasteiger partial charge < -0.3 is 0 Å². The number of fused-ring (bicyclic) bond motifs is 11. The molecule has 9 heteroatoms. The van der Waals surface area contributed by atoms with E-state index in [0.29, 0.717) is 0 Å². The van der Waals surface area contributed by atoms with E-state index in [-0.39, 0.29) is 0 Å². The fourth-order valence-corrected chi connectivity index (χ4v) is 16.1. The summed E-state index contributed by atoms with van der Waals surface area (Å²) in [6.45, 7) is 0. The largest absolute Gasteiger partial charge is 0.256 e. The molecule has 0 spiro atoms. The molecular formula is C107H67N9. The van der Waals surface area contributed by atoms with Crippen molar-refractivity contribution in [3.63, 3.8) is 0 Å². The number of hydrogen-bond donors (Lipinski definition) is 0. The van der Waals surface area contributed by atoms with Crippen LogP contribution in [0.5, 0.6) is 0 Å². The molecule has 14 aromatic carbocycles. The minimum Gasteiger partial charge on any atom is -0.256 e. The number of benzene rings is 14. The van der Waals surface area contributed by atoms with Crippen molar-refractivity contribution in [3.8, 4) is 101 Å². The molecule has 0 bridgehead atoms. The van der Waals surface area contributed by atoms with E-state index < -0.39 is 0 Å². The maximum Gasteiger partial charge on any atom is 0.0716 e. The summed E-state index contributed by atoms with van der Waals surface area (Å²) in [5, 5.41) is 15.0. The molecule has 0 saturated heterocycles. The van der Waals surface area contributed by atoms with Gasteiger partial charge in [-0.2, -0.15) is 0 Å². The highest BCUT2D eigenvalue weighted by Gasteiger charge is 2.16. The third kappa shape index (κ3) is 13.3. The standard InChI is InChI=1S/2C37H23N3.C33H21N3/c1-2-8-29-24(6-1)7-3-9-30(29)35-20-17-28-22-26(16-18-33(28)39-35)27-14-13-25-15-19-36(40-37(25)23-27)32-10-4-12-34-31(32)11-5-21-38-34;1-2-6-26-21-29(13-10-24(26)5-1)34-18-16-30-22-27(15-17-33(30)39-34)28-12-11-25-14-19-36(40-37(25)23-28)32-7-3-9-35-31(32)8-4-20-38-35;1-2-6-22(7-3-1)29-17-15-26-20-24(14-16-30(26)35-29)25-12-11-23-13-18-32(36-33(23)21-25)28-8-4-10-31-27(28)9-5-19-34-31/h2*1-23H;1-21H. The molecule has 0 fully saturated rings. The molecule has 9 nitrogen and oxygen atoms in total. The number of nitrogens with zero attached hydrogens (tertiary/aromatic N) is 9. The molecule has 540 valence electrons. The summed E-state index contributed by atoms with van der Waals surface area (Å²) in [4.78, 5) is 43.6. The molecule has 0 amide bonds. The van der Waals surface area contributed by atoms with Crippen LogP contribution in [0.2, 0.25) is 0 Å². The molecule has 23 rings (SSSR count). The maximum atomic E-state index is 5.07. The SMILES string of the molecule is c1ccc(-c2ccc3cc(-c4ccc5ccc(-c6cccc7ncccc67)nc5c4)ccc3n2)cc1.c1ccc2c(-c3ccc4cc(-c5ccc6ccc(-c7cccc8ncccc78)nc6c5)ccc4n3)cccc2c1.c1ccc2cc(-c3ccc4cc(-c5ccc6ccc(-c7cccc8ncccc78)nc6c5)ccc4n3)ccc2c1. The Balaban J connectivity index is 0.000000109. The number of rotatable bonds is 9. The predicted octanol–water partition coefficient (Wildman–Crippen LogP) is 27.3. The van der Waals surface area contributed by atoms with E-state index in [1.807, 2.05) is 91.4 Å². The molecule has 0 atom stereocenters. The van der Waals surface area contributed by atoms with E-state index in [1.165, 1.54) is 21.5 Å². The summed E-state index contributed by atoms with van der Waals surface area (Å²) < 4.78 is 0. The highest BCUT2D eigenvalue weighted by molar-refractivity contribution is 6.02. The number of hydrogen-bond acceptors (Lipinski definition) is 9. The Hall–Kier alpha value is -15.7. The average molecular weight is 1480 g/mol. The Labute approximate surface area is 668 Å². The molecule has 0 aliphatic carbocycles. The molecule has 0 saturated carbocycles. The van der Waals surface area contributed by atoms with Gasteiger partial charge in [0.05, 0.1) is 83.8 Å². The number of pyridine rings is 9. The quantitative estimate of drug-likeness (QED) is 0.139. The Bertz CT molecular complexity index is 7790. The molecule has 9 heterocycles. The lowest BCUT2D eigenvalue weighted by Gasteiger charge is -2.10. The smallest absolute Gasteiger partial charge is 0.0716 e. The van der Waals surface area contributed by atoms with Crippen molar-refractivity contribution in [1.29, 1.82) is 0 Å². The maximum absolute atomic E-state index is 5.07. The van der Waals surface area contributed by atoms with Crippen LogP contribution in [-0.4, -0.2) is 44.9 Å². The molecule has 23 aromatic rings. The van der Waals surface area contributed by atoms with Crippen LogP contribution in [0.3, 0.4) is 0 Å². The van der Waals surface area contributed by atoms with Gasteiger partial charge in [0.25, 0.3) is 0 Å². The fraction of sp³-hybridized carbons (Fsp3) is 0. The van der Waals surface area contributed by atoms with Crippen molar-refractivity contribution >= 4 is 120 Å². The summed E-state index contributed by atoms with van der Waals surface area (Å²) in [5.74, 6) is 0. The second kappa shape index (κ2) is 29.5. The van der Waals surface area contributed by atoms with Gasteiger partial charge in [-0.3, -0.25) is 15.0 Å². The Morgan fingerprint density at radius 2 is 0.422 bits per heavy atom. The summed E-state index contributed by atoms with van der Waals surface area (Å²) in [7, 11) is 0. The van der Waals surface area contributed by atoms with Gasteiger partial charge in [-0.05, 0) is 188 Å². The first-order chi connectivity index (χ1) is 57.4. The molecule has 0 aliphatic heterocycles. The minimum absolute atomic E-state index is 0.951. The highest BCUT2D eigenvalue weighted by Crippen LogP contribution is 2.38. The van der Waals surface area contributed by atoms with E-state index in [9.17, 15) is 0 Å². The zero-order valence-corrected chi connectivity index (χ0v) is 62.7. The van der Waals surface area contributed by atoms with Crippen LogP contribution in [0, 0.1) is 0 Å². The summed E-state index contributed by atoms with van der Waals surface area (Å²) in [6.07, 6.45) is 5.49. The molecular weight excluding hydrogens is 1410 g/mol. The normalized spacial score (nSPS) is 11.4. The van der Waals surface area contributed by atoms with Crippen LogP contribution in [0.15, 0.2) is 407 Å². The van der Waals surface area contributed by atoms with Gasteiger partial charge in [-0.25, -0.2) is 29.9 Å². The highest BCUT2D eigenvalue weighted by atomic mass is 14.7. The fourth-order valence-electron chi connectivity index (χ4n) is 16.1. The van der Waals surface area contributed by atoms with E-state index in [1.54, 1.807) is 0 Å². The van der Waals surface area contributed by atoms with Gasteiger partial charge in [-0.1, -0.05) is 255 Å². The van der Waals surface area contributed by atoms with Gasteiger partial charge in [0.2, 0.25) is 0 Å². The van der Waals surface area contributed by atoms with Crippen LogP contribution >= 0.6 is 0 Å². The average Bonchev–Trinajstić information content (AvgIpc) is 0.727. The monoisotopic (exact) mass is 1480 g/mol. The zero-order chi connectivity index (χ0) is 76.8.